The molecule has 1 heterocycles. The van der Waals surface area contributed by atoms with E-state index in [2.05, 4.69) is 0 Å². The van der Waals surface area contributed by atoms with E-state index < -0.39 is 0 Å². The maximum Gasteiger partial charge on any atom is 0.331 e. The molecule has 0 atom stereocenters. The number of anilines is 2. The van der Waals surface area contributed by atoms with Crippen molar-refractivity contribution in [2.45, 2.75) is 13.8 Å². The smallest absolute Gasteiger partial charge is 0.331 e. The van der Waals surface area contributed by atoms with Gasteiger partial charge in [-0.15, -0.1) is 0 Å². The molecular weight excluding hydrogens is 230 g/mol. The average molecular weight is 247 g/mol. The molecule has 1 aromatic carbocycles. The SMILES string of the molecule is CC(C)CN1CC(=O)N(c2cccc(N)c2)C1=O. The standard InChI is InChI=1S/C13H17N3O2/c1-9(2)7-15-8-12(17)16(13(15)18)11-5-3-4-10(14)6-11/h3-6,9H,7-8,14H2,1-2H3. The minimum absolute atomic E-state index is 0.145. The fourth-order valence-corrected chi connectivity index (χ4v) is 2.05. The van der Waals surface area contributed by atoms with Gasteiger partial charge >= 0.3 is 6.03 Å². The predicted molar refractivity (Wildman–Crippen MR) is 70.1 cm³/mol. The highest BCUT2D eigenvalue weighted by Crippen LogP contribution is 2.23. The highest BCUT2D eigenvalue weighted by molar-refractivity contribution is 6.19. The summed E-state index contributed by atoms with van der Waals surface area (Å²) in [5.74, 6) is 0.133. The number of hydrogen-bond donors (Lipinski definition) is 1. The van der Waals surface area contributed by atoms with Gasteiger partial charge in [0.1, 0.15) is 6.54 Å². The van der Waals surface area contributed by atoms with Crippen LogP contribution in [0.25, 0.3) is 0 Å². The lowest BCUT2D eigenvalue weighted by Gasteiger charge is -2.18. The van der Waals surface area contributed by atoms with Crippen LogP contribution in [0.2, 0.25) is 0 Å². The number of nitrogens with zero attached hydrogens (tertiary/aromatic N) is 2. The molecule has 0 saturated carbocycles. The van der Waals surface area contributed by atoms with Crippen LogP contribution in [0.15, 0.2) is 24.3 Å². The molecule has 1 fully saturated rings. The second-order valence-corrected chi connectivity index (χ2v) is 4.88. The van der Waals surface area contributed by atoms with Crippen LogP contribution in [0, 0.1) is 5.92 Å². The molecule has 1 aliphatic rings. The minimum Gasteiger partial charge on any atom is -0.399 e. The Kier molecular flexibility index (Phi) is 3.23. The van der Waals surface area contributed by atoms with Crippen LogP contribution < -0.4 is 10.6 Å². The molecule has 0 spiro atoms. The lowest BCUT2D eigenvalue weighted by Crippen LogP contribution is -2.34. The number of imide groups is 1. The number of urea groups is 1. The van der Waals surface area contributed by atoms with E-state index in [1.165, 1.54) is 4.90 Å². The molecule has 0 aliphatic carbocycles. The number of nitrogens with two attached hydrogens (primary N) is 1. The van der Waals surface area contributed by atoms with Crippen molar-refractivity contribution in [1.82, 2.24) is 4.90 Å². The van der Waals surface area contributed by atoms with Gasteiger partial charge in [0.25, 0.3) is 5.91 Å². The van der Waals surface area contributed by atoms with E-state index in [9.17, 15) is 9.59 Å². The second-order valence-electron chi connectivity index (χ2n) is 4.88. The third kappa shape index (κ3) is 2.30. The van der Waals surface area contributed by atoms with Crippen LogP contribution in [0.1, 0.15) is 13.8 Å². The zero-order valence-corrected chi connectivity index (χ0v) is 10.6. The monoisotopic (exact) mass is 247 g/mol. The summed E-state index contributed by atoms with van der Waals surface area (Å²) in [6, 6.07) is 6.54. The summed E-state index contributed by atoms with van der Waals surface area (Å²) in [5, 5.41) is 0. The van der Waals surface area contributed by atoms with Crippen molar-refractivity contribution in [3.8, 4) is 0 Å². The molecule has 2 rings (SSSR count). The summed E-state index contributed by atoms with van der Waals surface area (Å²) in [7, 11) is 0. The van der Waals surface area contributed by atoms with Crippen molar-refractivity contribution in [2.24, 2.45) is 5.92 Å². The van der Waals surface area contributed by atoms with E-state index in [0.29, 0.717) is 23.8 Å². The number of carbonyl (C=O) groups is 2. The Balaban J connectivity index is 2.24. The molecule has 0 aromatic heterocycles. The molecule has 2 N–H and O–H groups in total. The van der Waals surface area contributed by atoms with Crippen LogP contribution in [0.4, 0.5) is 16.2 Å². The van der Waals surface area contributed by atoms with E-state index in [1.54, 1.807) is 29.2 Å². The van der Waals surface area contributed by atoms with E-state index in [0.717, 1.165) is 0 Å². The molecule has 1 saturated heterocycles. The third-order valence-electron chi connectivity index (χ3n) is 2.75. The molecule has 0 unspecified atom stereocenters. The molecule has 18 heavy (non-hydrogen) atoms. The van der Waals surface area contributed by atoms with Gasteiger partial charge < -0.3 is 10.6 Å². The van der Waals surface area contributed by atoms with Gasteiger partial charge in [0.05, 0.1) is 5.69 Å². The van der Waals surface area contributed by atoms with E-state index in [1.807, 2.05) is 13.8 Å². The van der Waals surface area contributed by atoms with Crippen LogP contribution in [-0.2, 0) is 4.79 Å². The summed E-state index contributed by atoms with van der Waals surface area (Å²) in [6.07, 6.45) is 0. The fraction of sp³-hybridized carbons (Fsp3) is 0.385. The maximum atomic E-state index is 12.2. The molecular formula is C13H17N3O2. The van der Waals surface area contributed by atoms with Crippen LogP contribution in [-0.4, -0.2) is 29.9 Å². The number of nitrogen functional groups attached to an aromatic ring is 1. The summed E-state index contributed by atoms with van der Waals surface area (Å²) >= 11 is 0. The zero-order chi connectivity index (χ0) is 13.3. The van der Waals surface area contributed by atoms with Gasteiger partial charge in [0.15, 0.2) is 0 Å². The van der Waals surface area contributed by atoms with Gasteiger partial charge in [-0.2, -0.15) is 0 Å². The molecule has 1 aliphatic heterocycles. The van der Waals surface area contributed by atoms with Gasteiger partial charge in [-0.05, 0) is 24.1 Å². The van der Waals surface area contributed by atoms with E-state index in [4.69, 9.17) is 5.73 Å². The van der Waals surface area contributed by atoms with Gasteiger partial charge in [-0.25, -0.2) is 9.69 Å². The van der Waals surface area contributed by atoms with Crippen LogP contribution in [0.5, 0.6) is 0 Å². The van der Waals surface area contributed by atoms with Gasteiger partial charge in [0.2, 0.25) is 0 Å². The van der Waals surface area contributed by atoms with Crippen molar-refractivity contribution in [2.75, 3.05) is 23.7 Å². The van der Waals surface area contributed by atoms with Crippen molar-refractivity contribution in [3.63, 3.8) is 0 Å². The normalized spacial score (nSPS) is 15.9. The second kappa shape index (κ2) is 4.68. The van der Waals surface area contributed by atoms with Gasteiger partial charge in [0, 0.05) is 12.2 Å². The zero-order valence-electron chi connectivity index (χ0n) is 10.6. The Morgan fingerprint density at radius 1 is 1.33 bits per heavy atom. The first-order chi connectivity index (χ1) is 8.49. The average Bonchev–Trinajstić information content (AvgIpc) is 2.53. The lowest BCUT2D eigenvalue weighted by molar-refractivity contribution is -0.116. The Morgan fingerprint density at radius 2 is 2.06 bits per heavy atom. The Morgan fingerprint density at radius 3 is 2.67 bits per heavy atom. The molecule has 5 nitrogen and oxygen atoms in total. The van der Waals surface area contributed by atoms with Crippen molar-refractivity contribution in [1.29, 1.82) is 0 Å². The summed E-state index contributed by atoms with van der Waals surface area (Å²) in [6.45, 7) is 4.76. The van der Waals surface area contributed by atoms with Gasteiger partial charge in [-0.3, -0.25) is 4.79 Å². The molecule has 0 radical (unpaired) electrons. The molecule has 0 bridgehead atoms. The quantitative estimate of drug-likeness (QED) is 0.653. The van der Waals surface area contributed by atoms with Crippen LogP contribution in [0.3, 0.4) is 0 Å². The fourth-order valence-electron chi connectivity index (χ4n) is 2.05. The number of rotatable bonds is 3. The first kappa shape index (κ1) is 12.4. The number of benzene rings is 1. The molecule has 1 aromatic rings. The minimum atomic E-state index is -0.265. The molecule has 3 amide bonds. The van der Waals surface area contributed by atoms with Crippen molar-refractivity contribution >= 4 is 23.3 Å². The summed E-state index contributed by atoms with van der Waals surface area (Å²) in [5.41, 5.74) is 6.75. The van der Waals surface area contributed by atoms with Gasteiger partial charge in [-0.1, -0.05) is 19.9 Å². The topological polar surface area (TPSA) is 66.6 Å². The number of hydrogen-bond acceptors (Lipinski definition) is 3. The van der Waals surface area contributed by atoms with Crippen molar-refractivity contribution < 1.29 is 9.59 Å². The highest BCUT2D eigenvalue weighted by Gasteiger charge is 2.37. The Hall–Kier alpha value is -2.04. The largest absolute Gasteiger partial charge is 0.399 e. The predicted octanol–water partition coefficient (Wildman–Crippen LogP) is 1.69. The maximum absolute atomic E-state index is 12.2. The van der Waals surface area contributed by atoms with Crippen LogP contribution >= 0.6 is 0 Å². The van der Waals surface area contributed by atoms with E-state index >= 15 is 0 Å². The van der Waals surface area contributed by atoms with E-state index in [-0.39, 0.29) is 18.5 Å². The molecule has 96 valence electrons. The lowest BCUT2D eigenvalue weighted by atomic mass is 10.2. The third-order valence-corrected chi connectivity index (χ3v) is 2.75. The highest BCUT2D eigenvalue weighted by atomic mass is 16.2. The number of amides is 3. The summed E-state index contributed by atoms with van der Waals surface area (Å²) in [4.78, 5) is 26.8. The number of carbonyl (C=O) groups excluding carboxylic acids is 2. The first-order valence-electron chi connectivity index (χ1n) is 5.96. The Bertz CT molecular complexity index is 485. The Labute approximate surface area is 106 Å². The summed E-state index contributed by atoms with van der Waals surface area (Å²) < 4.78 is 0. The molecule has 5 heteroatoms. The van der Waals surface area contributed by atoms with Crippen molar-refractivity contribution in [3.05, 3.63) is 24.3 Å². The first-order valence-corrected chi connectivity index (χ1v) is 5.96.